The van der Waals surface area contributed by atoms with E-state index in [9.17, 15) is 15.0 Å². The van der Waals surface area contributed by atoms with E-state index in [1.807, 2.05) is 0 Å². The van der Waals surface area contributed by atoms with Gasteiger partial charge in [0, 0.05) is 0 Å². The van der Waals surface area contributed by atoms with Crippen LogP contribution in [0.4, 0.5) is 5.13 Å². The summed E-state index contributed by atoms with van der Waals surface area (Å²) < 4.78 is 0.773. The van der Waals surface area contributed by atoms with E-state index in [0.717, 1.165) is 3.79 Å². The Kier molecular flexibility index (Phi) is 3.30. The summed E-state index contributed by atoms with van der Waals surface area (Å²) in [6.45, 7) is 0. The lowest BCUT2D eigenvalue weighted by Crippen LogP contribution is -2.12. The van der Waals surface area contributed by atoms with Gasteiger partial charge in [0.25, 0.3) is 5.91 Å². The summed E-state index contributed by atoms with van der Waals surface area (Å²) in [5.74, 6) is -1.17. The summed E-state index contributed by atoms with van der Waals surface area (Å²) >= 11 is 4.45. The van der Waals surface area contributed by atoms with E-state index in [0.29, 0.717) is 5.13 Å². The number of aromatic hydroxyl groups is 2. The molecule has 1 heterocycles. The van der Waals surface area contributed by atoms with E-state index in [4.69, 9.17) is 0 Å². The van der Waals surface area contributed by atoms with Gasteiger partial charge in [-0.05, 0) is 28.1 Å². The fraction of sp³-hybridized carbons (Fsp3) is 0. The van der Waals surface area contributed by atoms with Gasteiger partial charge < -0.3 is 10.2 Å². The number of thiazole rings is 1. The van der Waals surface area contributed by atoms with Crippen molar-refractivity contribution in [2.24, 2.45) is 0 Å². The molecular weight excluding hydrogens is 308 g/mol. The molecule has 0 atom stereocenters. The first-order valence-corrected chi connectivity index (χ1v) is 6.12. The average Bonchev–Trinajstić information content (AvgIpc) is 2.63. The largest absolute Gasteiger partial charge is 0.507 e. The van der Waals surface area contributed by atoms with Gasteiger partial charge in [-0.25, -0.2) is 4.98 Å². The van der Waals surface area contributed by atoms with Crippen molar-refractivity contribution in [1.82, 2.24) is 4.98 Å². The van der Waals surface area contributed by atoms with Crippen LogP contribution in [0.2, 0.25) is 0 Å². The highest BCUT2D eigenvalue weighted by Crippen LogP contribution is 2.28. The van der Waals surface area contributed by atoms with Crippen LogP contribution in [0, 0.1) is 0 Å². The minimum absolute atomic E-state index is 0.168. The van der Waals surface area contributed by atoms with Crippen LogP contribution < -0.4 is 5.32 Å². The lowest BCUT2D eigenvalue weighted by molar-refractivity contribution is 0.102. The number of hydrogen-bond donors (Lipinski definition) is 3. The summed E-state index contributed by atoms with van der Waals surface area (Å²) in [7, 11) is 0. The summed E-state index contributed by atoms with van der Waals surface area (Å²) in [4.78, 5) is 15.7. The van der Waals surface area contributed by atoms with Gasteiger partial charge in [0.15, 0.2) is 5.13 Å². The van der Waals surface area contributed by atoms with Crippen molar-refractivity contribution in [3.63, 3.8) is 0 Å². The van der Waals surface area contributed by atoms with E-state index in [2.05, 4.69) is 26.2 Å². The maximum Gasteiger partial charge on any atom is 0.264 e. The number of hydrogen-bond acceptors (Lipinski definition) is 5. The van der Waals surface area contributed by atoms with Crippen molar-refractivity contribution in [3.05, 3.63) is 33.7 Å². The zero-order valence-electron chi connectivity index (χ0n) is 8.35. The Bertz CT molecular complexity index is 550. The molecule has 5 nitrogen and oxygen atoms in total. The van der Waals surface area contributed by atoms with Gasteiger partial charge in [0.1, 0.15) is 17.1 Å². The number of phenols is 2. The predicted octanol–water partition coefficient (Wildman–Crippen LogP) is 2.57. The maximum absolute atomic E-state index is 11.8. The molecule has 0 aliphatic carbocycles. The van der Waals surface area contributed by atoms with Gasteiger partial charge in [-0.3, -0.25) is 10.1 Å². The SMILES string of the molecule is O=C(Nc1ncc(Br)s1)c1c(O)cccc1O. The van der Waals surface area contributed by atoms with Crippen molar-refractivity contribution >= 4 is 38.3 Å². The molecule has 0 radical (unpaired) electrons. The summed E-state index contributed by atoms with van der Waals surface area (Å²) in [5, 5.41) is 21.9. The van der Waals surface area contributed by atoms with E-state index in [-0.39, 0.29) is 17.1 Å². The number of halogens is 1. The highest BCUT2D eigenvalue weighted by atomic mass is 79.9. The Balaban J connectivity index is 2.26. The number of carbonyl (C=O) groups is 1. The second-order valence-corrected chi connectivity index (χ2v) is 5.50. The fourth-order valence-electron chi connectivity index (χ4n) is 1.23. The number of amides is 1. The molecular formula is C10H7BrN2O3S. The molecule has 0 unspecified atom stereocenters. The van der Waals surface area contributed by atoms with Crippen LogP contribution in [0.25, 0.3) is 0 Å². The Labute approximate surface area is 109 Å². The van der Waals surface area contributed by atoms with Gasteiger partial charge in [-0.15, -0.1) is 0 Å². The fourth-order valence-corrected chi connectivity index (χ4v) is 2.33. The van der Waals surface area contributed by atoms with Crippen LogP contribution in [-0.2, 0) is 0 Å². The first-order valence-electron chi connectivity index (χ1n) is 4.51. The topological polar surface area (TPSA) is 82.5 Å². The highest BCUT2D eigenvalue weighted by Gasteiger charge is 2.17. The van der Waals surface area contributed by atoms with Crippen LogP contribution in [0.5, 0.6) is 11.5 Å². The number of phenolic OH excluding ortho intramolecular Hbond substituents is 2. The lowest BCUT2D eigenvalue weighted by atomic mass is 10.1. The van der Waals surface area contributed by atoms with Crippen molar-refractivity contribution in [2.45, 2.75) is 0 Å². The van der Waals surface area contributed by atoms with Crippen molar-refractivity contribution < 1.29 is 15.0 Å². The molecule has 17 heavy (non-hydrogen) atoms. The molecule has 0 spiro atoms. The zero-order chi connectivity index (χ0) is 12.4. The van der Waals surface area contributed by atoms with Gasteiger partial charge >= 0.3 is 0 Å². The molecule has 0 bridgehead atoms. The minimum Gasteiger partial charge on any atom is -0.507 e. The molecule has 0 fully saturated rings. The van der Waals surface area contributed by atoms with Crippen molar-refractivity contribution in [1.29, 1.82) is 0 Å². The van der Waals surface area contributed by atoms with Crippen LogP contribution in [-0.4, -0.2) is 21.1 Å². The monoisotopic (exact) mass is 314 g/mol. The number of nitrogens with zero attached hydrogens (tertiary/aromatic N) is 1. The third kappa shape index (κ3) is 2.56. The molecule has 3 N–H and O–H groups in total. The van der Waals surface area contributed by atoms with Gasteiger partial charge in [-0.1, -0.05) is 17.4 Å². The molecule has 1 aromatic carbocycles. The maximum atomic E-state index is 11.8. The predicted molar refractivity (Wildman–Crippen MR) is 67.5 cm³/mol. The smallest absolute Gasteiger partial charge is 0.264 e. The standard InChI is InChI=1S/C10H7BrN2O3S/c11-7-4-12-10(17-7)13-9(16)8-5(14)2-1-3-6(8)15/h1-4,14-15H,(H,12,13,16). The van der Waals surface area contributed by atoms with E-state index in [1.165, 1.54) is 29.5 Å². The number of aromatic nitrogens is 1. The molecule has 0 aliphatic heterocycles. The Hall–Kier alpha value is -1.60. The van der Waals surface area contributed by atoms with Crippen LogP contribution in [0.1, 0.15) is 10.4 Å². The Morgan fingerprint density at radius 3 is 2.53 bits per heavy atom. The third-order valence-corrected chi connectivity index (χ3v) is 3.34. The van der Waals surface area contributed by atoms with Crippen molar-refractivity contribution in [2.75, 3.05) is 5.32 Å². The normalized spacial score (nSPS) is 10.2. The number of rotatable bonds is 2. The Morgan fingerprint density at radius 2 is 2.00 bits per heavy atom. The van der Waals surface area contributed by atoms with Crippen molar-refractivity contribution in [3.8, 4) is 11.5 Å². The summed E-state index contributed by atoms with van der Waals surface area (Å²) in [6.07, 6.45) is 1.55. The molecule has 2 rings (SSSR count). The van der Waals surface area contributed by atoms with E-state index in [1.54, 1.807) is 6.20 Å². The lowest BCUT2D eigenvalue weighted by Gasteiger charge is -2.05. The van der Waals surface area contributed by atoms with E-state index < -0.39 is 5.91 Å². The molecule has 1 aromatic heterocycles. The molecule has 0 aliphatic rings. The highest BCUT2D eigenvalue weighted by molar-refractivity contribution is 9.11. The molecule has 7 heteroatoms. The molecule has 0 saturated carbocycles. The second kappa shape index (κ2) is 4.72. The number of benzene rings is 1. The molecule has 88 valence electrons. The summed E-state index contributed by atoms with van der Waals surface area (Å²) in [5.41, 5.74) is -0.168. The zero-order valence-corrected chi connectivity index (χ0v) is 10.7. The third-order valence-electron chi connectivity index (χ3n) is 1.95. The summed E-state index contributed by atoms with van der Waals surface area (Å²) in [6, 6.07) is 4.10. The van der Waals surface area contributed by atoms with Crippen LogP contribution in [0.3, 0.4) is 0 Å². The molecule has 0 saturated heterocycles. The first-order chi connectivity index (χ1) is 8.08. The average molecular weight is 315 g/mol. The number of carbonyl (C=O) groups excluding carboxylic acids is 1. The van der Waals surface area contributed by atoms with Gasteiger partial charge in [-0.2, -0.15) is 0 Å². The van der Waals surface area contributed by atoms with Crippen LogP contribution in [0.15, 0.2) is 28.2 Å². The Morgan fingerprint density at radius 1 is 1.35 bits per heavy atom. The molecule has 2 aromatic rings. The van der Waals surface area contributed by atoms with Crippen LogP contribution >= 0.6 is 27.3 Å². The quantitative estimate of drug-likeness (QED) is 0.795. The second-order valence-electron chi connectivity index (χ2n) is 3.09. The number of nitrogens with one attached hydrogen (secondary N) is 1. The number of anilines is 1. The minimum atomic E-state index is -0.609. The van der Waals surface area contributed by atoms with Gasteiger partial charge in [0.2, 0.25) is 0 Å². The molecule has 1 amide bonds. The van der Waals surface area contributed by atoms with E-state index >= 15 is 0 Å². The van der Waals surface area contributed by atoms with Gasteiger partial charge in [0.05, 0.1) is 9.98 Å². The first kappa shape index (κ1) is 11.9.